The Morgan fingerprint density at radius 3 is 2.80 bits per heavy atom. The number of rotatable bonds is 4. The van der Waals surface area contributed by atoms with Crippen molar-refractivity contribution in [3.05, 3.63) is 54.4 Å². The molecule has 0 amide bonds. The molecule has 1 saturated heterocycles. The van der Waals surface area contributed by atoms with Crippen molar-refractivity contribution in [3.63, 3.8) is 0 Å². The van der Waals surface area contributed by atoms with Crippen LogP contribution >= 0.6 is 0 Å². The number of aromatic nitrogens is 3. The molecule has 3 aromatic rings. The molecule has 6 nitrogen and oxygen atoms in total. The summed E-state index contributed by atoms with van der Waals surface area (Å²) in [5.74, 6) is 2.28. The first-order valence-corrected chi connectivity index (χ1v) is 8.38. The molecule has 0 saturated carbocycles. The summed E-state index contributed by atoms with van der Waals surface area (Å²) in [6.07, 6.45) is 4.56. The van der Waals surface area contributed by atoms with E-state index in [1.165, 1.54) is 0 Å². The van der Waals surface area contributed by atoms with E-state index >= 15 is 0 Å². The average Bonchev–Trinajstić information content (AvgIpc) is 3.15. The number of pyridine rings is 1. The summed E-state index contributed by atoms with van der Waals surface area (Å²) < 4.78 is 0. The Morgan fingerprint density at radius 1 is 1.12 bits per heavy atom. The normalized spacial score (nSPS) is 16.8. The lowest BCUT2D eigenvalue weighted by Gasteiger charge is -2.17. The minimum Gasteiger partial charge on any atom is -0.370 e. The fraction of sp³-hybridized carbons (Fsp3) is 0.263. The van der Waals surface area contributed by atoms with E-state index in [1.54, 1.807) is 12.3 Å². The van der Waals surface area contributed by atoms with E-state index in [-0.39, 0.29) is 0 Å². The lowest BCUT2D eigenvalue weighted by atomic mass is 10.1. The minimum absolute atomic E-state index is 0.533. The molecule has 2 aromatic heterocycles. The van der Waals surface area contributed by atoms with Crippen LogP contribution < -0.4 is 10.2 Å². The third-order valence-corrected chi connectivity index (χ3v) is 4.51. The fourth-order valence-electron chi connectivity index (χ4n) is 3.12. The number of nitriles is 1. The van der Waals surface area contributed by atoms with Crippen molar-refractivity contribution in [2.45, 2.75) is 6.42 Å². The zero-order valence-corrected chi connectivity index (χ0v) is 13.8. The van der Waals surface area contributed by atoms with Crippen LogP contribution in [0.2, 0.25) is 0 Å². The van der Waals surface area contributed by atoms with Crippen molar-refractivity contribution >= 4 is 22.7 Å². The minimum atomic E-state index is 0.533. The van der Waals surface area contributed by atoms with E-state index in [9.17, 15) is 0 Å². The predicted octanol–water partition coefficient (Wildman–Crippen LogP) is 2.83. The van der Waals surface area contributed by atoms with Gasteiger partial charge in [-0.3, -0.25) is 4.98 Å². The van der Waals surface area contributed by atoms with E-state index in [4.69, 9.17) is 10.2 Å². The summed E-state index contributed by atoms with van der Waals surface area (Å²) in [5.41, 5.74) is 2.44. The monoisotopic (exact) mass is 330 g/mol. The second-order valence-corrected chi connectivity index (χ2v) is 6.24. The summed E-state index contributed by atoms with van der Waals surface area (Å²) >= 11 is 0. The van der Waals surface area contributed by atoms with Gasteiger partial charge in [-0.1, -0.05) is 12.1 Å². The van der Waals surface area contributed by atoms with Crippen LogP contribution in [0.25, 0.3) is 11.0 Å². The van der Waals surface area contributed by atoms with Crippen LogP contribution in [0, 0.1) is 17.2 Å². The maximum Gasteiger partial charge on any atom is 0.147 e. The van der Waals surface area contributed by atoms with Crippen molar-refractivity contribution in [1.29, 1.82) is 5.26 Å². The quantitative estimate of drug-likeness (QED) is 0.792. The molecule has 4 rings (SSSR count). The Morgan fingerprint density at radius 2 is 2.00 bits per heavy atom. The Hall–Kier alpha value is -3.20. The molecule has 0 radical (unpaired) electrons. The summed E-state index contributed by atoms with van der Waals surface area (Å²) in [7, 11) is 0. The van der Waals surface area contributed by atoms with E-state index in [0.717, 1.165) is 48.7 Å². The van der Waals surface area contributed by atoms with Crippen molar-refractivity contribution in [2.24, 2.45) is 5.92 Å². The Kier molecular flexibility index (Phi) is 4.13. The SMILES string of the molecule is N#Cc1ccc(NC[C@@H]2CCN(c3cnc4ccccc4n3)C2)nc1. The van der Waals surface area contributed by atoms with Crippen LogP contribution in [0.15, 0.2) is 48.8 Å². The summed E-state index contributed by atoms with van der Waals surface area (Å²) in [6, 6.07) is 13.6. The number of nitrogens with zero attached hydrogens (tertiary/aromatic N) is 5. The zero-order chi connectivity index (χ0) is 17.1. The number of nitrogens with one attached hydrogen (secondary N) is 1. The molecule has 124 valence electrons. The second kappa shape index (κ2) is 6.73. The lowest BCUT2D eigenvalue weighted by molar-refractivity contribution is 0.621. The van der Waals surface area contributed by atoms with Crippen molar-refractivity contribution in [2.75, 3.05) is 29.9 Å². The van der Waals surface area contributed by atoms with Gasteiger partial charge in [0.2, 0.25) is 0 Å². The highest BCUT2D eigenvalue weighted by atomic mass is 15.2. The molecule has 0 unspecified atom stereocenters. The maximum atomic E-state index is 8.81. The van der Waals surface area contributed by atoms with E-state index < -0.39 is 0 Å². The molecule has 1 atom stereocenters. The number of fused-ring (bicyclic) bond motifs is 1. The molecule has 1 aliphatic heterocycles. The van der Waals surface area contributed by atoms with Gasteiger partial charge < -0.3 is 10.2 Å². The average molecular weight is 330 g/mol. The second-order valence-electron chi connectivity index (χ2n) is 6.24. The van der Waals surface area contributed by atoms with E-state index in [0.29, 0.717) is 11.5 Å². The van der Waals surface area contributed by atoms with Crippen molar-refractivity contribution in [3.8, 4) is 6.07 Å². The highest BCUT2D eigenvalue weighted by Gasteiger charge is 2.23. The smallest absolute Gasteiger partial charge is 0.147 e. The number of benzene rings is 1. The third-order valence-electron chi connectivity index (χ3n) is 4.51. The molecule has 1 aromatic carbocycles. The fourth-order valence-corrected chi connectivity index (χ4v) is 3.12. The Bertz CT molecular complexity index is 915. The molecule has 0 spiro atoms. The summed E-state index contributed by atoms with van der Waals surface area (Å²) in [6.45, 7) is 2.80. The van der Waals surface area contributed by atoms with Gasteiger partial charge in [0.05, 0.1) is 22.8 Å². The topological polar surface area (TPSA) is 77.7 Å². The number of hydrogen-bond acceptors (Lipinski definition) is 6. The molecule has 0 aliphatic carbocycles. The van der Waals surface area contributed by atoms with Crippen molar-refractivity contribution < 1.29 is 0 Å². The molecule has 6 heteroatoms. The predicted molar refractivity (Wildman–Crippen MR) is 97.3 cm³/mol. The Labute approximate surface area is 146 Å². The first-order valence-electron chi connectivity index (χ1n) is 8.38. The van der Waals surface area contributed by atoms with Crippen LogP contribution in [0.5, 0.6) is 0 Å². The number of anilines is 2. The van der Waals surface area contributed by atoms with Crippen LogP contribution in [-0.4, -0.2) is 34.6 Å². The summed E-state index contributed by atoms with van der Waals surface area (Å²) in [5, 5.41) is 12.2. The standard InChI is InChI=1S/C19H18N6/c20-9-14-5-6-18(22-10-14)23-11-15-7-8-25(13-15)19-12-21-16-3-1-2-4-17(16)24-19/h1-6,10,12,15H,7-8,11,13H2,(H,22,23)/t15-/m0/s1. The molecular formula is C19H18N6. The van der Waals surface area contributed by atoms with Crippen LogP contribution in [0.4, 0.5) is 11.6 Å². The number of para-hydroxylation sites is 2. The largest absolute Gasteiger partial charge is 0.370 e. The molecule has 3 heterocycles. The van der Waals surface area contributed by atoms with Crippen LogP contribution in [0.3, 0.4) is 0 Å². The van der Waals surface area contributed by atoms with Gasteiger partial charge in [0.1, 0.15) is 17.7 Å². The van der Waals surface area contributed by atoms with Crippen molar-refractivity contribution in [1.82, 2.24) is 15.0 Å². The van der Waals surface area contributed by atoms with Gasteiger partial charge in [0.25, 0.3) is 0 Å². The van der Waals surface area contributed by atoms with Gasteiger partial charge in [-0.2, -0.15) is 5.26 Å². The molecule has 0 bridgehead atoms. The van der Waals surface area contributed by atoms with E-state index in [2.05, 4.69) is 26.3 Å². The summed E-state index contributed by atoms with van der Waals surface area (Å²) in [4.78, 5) is 15.8. The Balaban J connectivity index is 1.37. The van der Waals surface area contributed by atoms with Gasteiger partial charge >= 0.3 is 0 Å². The van der Waals surface area contributed by atoms with Gasteiger partial charge in [-0.15, -0.1) is 0 Å². The van der Waals surface area contributed by atoms with Gasteiger partial charge in [-0.05, 0) is 36.6 Å². The van der Waals surface area contributed by atoms with E-state index in [1.807, 2.05) is 36.5 Å². The van der Waals surface area contributed by atoms with Crippen LogP contribution in [0.1, 0.15) is 12.0 Å². The highest BCUT2D eigenvalue weighted by Crippen LogP contribution is 2.23. The first kappa shape index (κ1) is 15.3. The zero-order valence-electron chi connectivity index (χ0n) is 13.8. The number of hydrogen-bond donors (Lipinski definition) is 1. The lowest BCUT2D eigenvalue weighted by Crippen LogP contribution is -2.23. The first-order chi connectivity index (χ1) is 12.3. The van der Waals surface area contributed by atoms with Gasteiger partial charge in [0.15, 0.2) is 0 Å². The van der Waals surface area contributed by atoms with Gasteiger partial charge in [0, 0.05) is 25.8 Å². The molecule has 1 N–H and O–H groups in total. The van der Waals surface area contributed by atoms with Gasteiger partial charge in [-0.25, -0.2) is 9.97 Å². The maximum absolute atomic E-state index is 8.81. The molecular weight excluding hydrogens is 312 g/mol. The highest BCUT2D eigenvalue weighted by molar-refractivity contribution is 5.75. The molecule has 25 heavy (non-hydrogen) atoms. The molecule has 1 fully saturated rings. The third kappa shape index (κ3) is 3.36. The molecule has 1 aliphatic rings. The van der Waals surface area contributed by atoms with Crippen LogP contribution in [-0.2, 0) is 0 Å².